The largest absolute Gasteiger partial charge is 0.493 e. The Bertz CT molecular complexity index is 973. The number of benzene rings is 1. The van der Waals surface area contributed by atoms with Crippen molar-refractivity contribution in [2.24, 2.45) is 5.10 Å². The molecule has 2 saturated heterocycles. The van der Waals surface area contributed by atoms with E-state index in [9.17, 15) is 4.79 Å². The summed E-state index contributed by atoms with van der Waals surface area (Å²) in [5.74, 6) is 1.12. The Morgan fingerprint density at radius 2 is 1.68 bits per heavy atom. The maximum atomic E-state index is 10.7. The van der Waals surface area contributed by atoms with Crippen LogP contribution in [-0.2, 0) is 14.3 Å². The second-order valence-electron chi connectivity index (χ2n) is 7.42. The van der Waals surface area contributed by atoms with E-state index in [2.05, 4.69) is 35.3 Å². The number of anilines is 3. The standard InChI is InChI=1S/C21H27N7O6/c1-31-17-12-15(2-3-16(17)34-14-18(29)30)13-22-26-19-23-20(27-4-8-32-9-5-27)25-21(24-19)28-6-10-33-11-7-28/h2-3,12-13H,4-11,14H2,1H3,(H,29,30)(H,23,24,25,26). The summed E-state index contributed by atoms with van der Waals surface area (Å²) >= 11 is 0. The van der Waals surface area contributed by atoms with Crippen LogP contribution in [0, 0.1) is 0 Å². The molecule has 3 heterocycles. The summed E-state index contributed by atoms with van der Waals surface area (Å²) in [6, 6.07) is 5.05. The van der Waals surface area contributed by atoms with Crippen molar-refractivity contribution >= 4 is 30.0 Å². The normalized spacial score (nSPS) is 16.5. The highest BCUT2D eigenvalue weighted by molar-refractivity contribution is 5.81. The van der Waals surface area contributed by atoms with E-state index in [4.69, 9.17) is 24.1 Å². The van der Waals surface area contributed by atoms with Crippen LogP contribution in [0.1, 0.15) is 5.56 Å². The molecule has 2 N–H and O–H groups in total. The van der Waals surface area contributed by atoms with E-state index in [1.54, 1.807) is 24.4 Å². The minimum Gasteiger partial charge on any atom is -0.493 e. The lowest BCUT2D eigenvalue weighted by atomic mass is 10.2. The second kappa shape index (κ2) is 11.4. The molecule has 2 aliphatic rings. The van der Waals surface area contributed by atoms with Crippen LogP contribution in [-0.4, -0.2) is 98.6 Å². The molecule has 1 aromatic carbocycles. The van der Waals surface area contributed by atoms with Gasteiger partial charge in [0, 0.05) is 26.2 Å². The van der Waals surface area contributed by atoms with Gasteiger partial charge in [-0.15, -0.1) is 0 Å². The van der Waals surface area contributed by atoms with E-state index >= 15 is 0 Å². The number of rotatable bonds is 9. The molecule has 4 rings (SSSR count). The monoisotopic (exact) mass is 473 g/mol. The molecule has 13 nitrogen and oxygen atoms in total. The summed E-state index contributed by atoms with van der Waals surface area (Å²) in [6.07, 6.45) is 1.58. The third-order valence-corrected chi connectivity index (χ3v) is 5.12. The Balaban J connectivity index is 1.50. The van der Waals surface area contributed by atoms with Gasteiger partial charge in [0.2, 0.25) is 17.8 Å². The van der Waals surface area contributed by atoms with Gasteiger partial charge in [-0.05, 0) is 23.8 Å². The molecule has 2 aromatic rings. The van der Waals surface area contributed by atoms with Crippen molar-refractivity contribution in [1.82, 2.24) is 15.0 Å². The summed E-state index contributed by atoms with van der Waals surface area (Å²) in [7, 11) is 1.48. The van der Waals surface area contributed by atoms with Crippen LogP contribution in [0.5, 0.6) is 11.5 Å². The third-order valence-electron chi connectivity index (χ3n) is 5.12. The first-order chi connectivity index (χ1) is 16.6. The van der Waals surface area contributed by atoms with Gasteiger partial charge >= 0.3 is 5.97 Å². The summed E-state index contributed by atoms with van der Waals surface area (Å²) < 4.78 is 21.4. The van der Waals surface area contributed by atoms with E-state index in [0.717, 1.165) is 0 Å². The number of nitrogens with one attached hydrogen (secondary N) is 1. The maximum Gasteiger partial charge on any atom is 0.341 e. The number of morpholine rings is 2. The minimum absolute atomic E-state index is 0.322. The minimum atomic E-state index is -1.07. The number of ether oxygens (including phenoxy) is 4. The zero-order valence-electron chi connectivity index (χ0n) is 18.8. The predicted molar refractivity (Wildman–Crippen MR) is 123 cm³/mol. The first kappa shape index (κ1) is 23.4. The molecule has 0 radical (unpaired) electrons. The highest BCUT2D eigenvalue weighted by atomic mass is 16.5. The molecule has 0 spiro atoms. The van der Waals surface area contributed by atoms with Crippen molar-refractivity contribution in [3.05, 3.63) is 23.8 Å². The summed E-state index contributed by atoms with van der Waals surface area (Å²) in [5.41, 5.74) is 3.60. The first-order valence-electron chi connectivity index (χ1n) is 10.9. The van der Waals surface area contributed by atoms with Crippen molar-refractivity contribution in [3.63, 3.8) is 0 Å². The van der Waals surface area contributed by atoms with Gasteiger partial charge in [0.15, 0.2) is 18.1 Å². The Labute approximate surface area is 196 Å². The summed E-state index contributed by atoms with van der Waals surface area (Å²) in [6.45, 7) is 4.82. The van der Waals surface area contributed by atoms with E-state index in [1.807, 2.05) is 0 Å². The molecule has 2 aliphatic heterocycles. The molecule has 0 saturated carbocycles. The Morgan fingerprint density at radius 3 is 2.24 bits per heavy atom. The van der Waals surface area contributed by atoms with Crippen molar-refractivity contribution in [2.45, 2.75) is 0 Å². The Morgan fingerprint density at radius 1 is 1.06 bits per heavy atom. The molecule has 2 fully saturated rings. The molecule has 0 aliphatic carbocycles. The highest BCUT2D eigenvalue weighted by Gasteiger charge is 2.20. The van der Waals surface area contributed by atoms with Crippen molar-refractivity contribution in [1.29, 1.82) is 0 Å². The van der Waals surface area contributed by atoms with Gasteiger partial charge in [-0.1, -0.05) is 0 Å². The fraction of sp³-hybridized carbons (Fsp3) is 0.476. The van der Waals surface area contributed by atoms with Gasteiger partial charge in [-0.25, -0.2) is 10.2 Å². The van der Waals surface area contributed by atoms with Crippen LogP contribution < -0.4 is 24.7 Å². The fourth-order valence-electron chi connectivity index (χ4n) is 3.40. The summed E-state index contributed by atoms with van der Waals surface area (Å²) in [4.78, 5) is 28.6. The SMILES string of the molecule is COc1cc(C=NNc2nc(N3CCOCC3)nc(N3CCOCC3)n2)ccc1OCC(=O)O. The van der Waals surface area contributed by atoms with E-state index < -0.39 is 12.6 Å². The highest BCUT2D eigenvalue weighted by Crippen LogP contribution is 2.27. The van der Waals surface area contributed by atoms with Crippen LogP contribution in [0.15, 0.2) is 23.3 Å². The van der Waals surface area contributed by atoms with E-state index in [1.165, 1.54) is 7.11 Å². The van der Waals surface area contributed by atoms with Gasteiger partial charge in [-0.3, -0.25) is 0 Å². The Kier molecular flexibility index (Phi) is 7.88. The van der Waals surface area contributed by atoms with Crippen LogP contribution >= 0.6 is 0 Å². The van der Waals surface area contributed by atoms with E-state index in [-0.39, 0.29) is 0 Å². The topological polar surface area (TPSA) is 144 Å². The molecule has 182 valence electrons. The number of nitrogens with zero attached hydrogens (tertiary/aromatic N) is 6. The maximum absolute atomic E-state index is 10.7. The number of aliphatic carboxylic acids is 1. The third kappa shape index (κ3) is 6.20. The number of hydrogen-bond donors (Lipinski definition) is 2. The Hall–Kier alpha value is -3.71. The molecule has 13 heteroatoms. The van der Waals surface area contributed by atoms with Gasteiger partial charge in [0.1, 0.15) is 0 Å². The fourth-order valence-corrected chi connectivity index (χ4v) is 3.40. The van der Waals surface area contributed by atoms with Gasteiger partial charge < -0.3 is 33.9 Å². The average Bonchev–Trinajstić information content (AvgIpc) is 2.88. The number of aromatic nitrogens is 3. The second-order valence-corrected chi connectivity index (χ2v) is 7.42. The number of carboxylic acid groups (broad SMARTS) is 1. The lowest BCUT2D eigenvalue weighted by molar-refractivity contribution is -0.139. The lowest BCUT2D eigenvalue weighted by Gasteiger charge is -2.30. The molecular weight excluding hydrogens is 446 g/mol. The number of carbonyl (C=O) groups is 1. The van der Waals surface area contributed by atoms with Crippen molar-refractivity contribution in [2.75, 3.05) is 81.5 Å². The molecule has 0 amide bonds. The number of hydrogen-bond acceptors (Lipinski definition) is 12. The van der Waals surface area contributed by atoms with E-state index in [0.29, 0.717) is 87.5 Å². The summed E-state index contributed by atoms with van der Waals surface area (Å²) in [5, 5.41) is 13.1. The van der Waals surface area contributed by atoms with Crippen LogP contribution in [0.4, 0.5) is 17.8 Å². The van der Waals surface area contributed by atoms with Crippen LogP contribution in [0.25, 0.3) is 0 Å². The number of methoxy groups -OCH3 is 1. The quantitative estimate of drug-likeness (QED) is 0.386. The van der Waals surface area contributed by atoms with Crippen LogP contribution in [0.2, 0.25) is 0 Å². The van der Waals surface area contributed by atoms with Crippen molar-refractivity contribution in [3.8, 4) is 11.5 Å². The van der Waals surface area contributed by atoms with Gasteiger partial charge in [-0.2, -0.15) is 20.1 Å². The number of hydrazone groups is 1. The molecule has 34 heavy (non-hydrogen) atoms. The predicted octanol–water partition coefficient (Wildman–Crippen LogP) is 0.463. The molecule has 0 atom stereocenters. The van der Waals surface area contributed by atoms with Crippen molar-refractivity contribution < 1.29 is 28.8 Å². The zero-order chi connectivity index (χ0) is 23.8. The zero-order valence-corrected chi connectivity index (χ0v) is 18.8. The molecule has 0 bridgehead atoms. The van der Waals surface area contributed by atoms with Gasteiger partial charge in [0.25, 0.3) is 0 Å². The molecule has 0 unspecified atom stereocenters. The number of carboxylic acids is 1. The van der Waals surface area contributed by atoms with Crippen LogP contribution in [0.3, 0.4) is 0 Å². The van der Waals surface area contributed by atoms with Gasteiger partial charge in [0.05, 0.1) is 39.8 Å². The first-order valence-corrected chi connectivity index (χ1v) is 10.9. The average molecular weight is 473 g/mol. The smallest absolute Gasteiger partial charge is 0.341 e. The molecular formula is C21H27N7O6. The molecule has 1 aromatic heterocycles. The lowest BCUT2D eigenvalue weighted by Crippen LogP contribution is -2.40.